The first kappa shape index (κ1) is 17.5. The predicted molar refractivity (Wildman–Crippen MR) is 83.5 cm³/mol. The van der Waals surface area contributed by atoms with Crippen LogP contribution in [0, 0.1) is 11.7 Å². The molecule has 0 bridgehead atoms. The van der Waals surface area contributed by atoms with Crippen LogP contribution in [0.2, 0.25) is 0 Å². The van der Waals surface area contributed by atoms with Crippen LogP contribution in [-0.2, 0) is 10.0 Å². The summed E-state index contributed by atoms with van der Waals surface area (Å²) in [5, 5.41) is 3.40. The second-order valence-corrected chi connectivity index (χ2v) is 7.50. The summed E-state index contributed by atoms with van der Waals surface area (Å²) >= 11 is 0. The third kappa shape index (κ3) is 3.08. The van der Waals surface area contributed by atoms with Crippen LogP contribution >= 0.6 is 12.4 Å². The lowest BCUT2D eigenvalue weighted by molar-refractivity contribution is 0.247. The number of benzene rings is 1. The summed E-state index contributed by atoms with van der Waals surface area (Å²) in [5.74, 6) is -0.250. The normalized spacial score (nSPS) is 25.4. The molecule has 5 nitrogen and oxygen atoms in total. The van der Waals surface area contributed by atoms with Gasteiger partial charge in [0, 0.05) is 19.1 Å². The maximum Gasteiger partial charge on any atom is 0.243 e. The van der Waals surface area contributed by atoms with Crippen LogP contribution in [0.1, 0.15) is 12.8 Å². The van der Waals surface area contributed by atoms with Gasteiger partial charge in [-0.05, 0) is 43.5 Å². The zero-order chi connectivity index (χ0) is 15.0. The fraction of sp³-hybridized carbons (Fsp3) is 0.571. The monoisotopic (exact) mass is 350 g/mol. The molecule has 0 aromatic heterocycles. The summed E-state index contributed by atoms with van der Waals surface area (Å²) in [6.07, 6.45) is 1.80. The van der Waals surface area contributed by atoms with E-state index in [1.807, 2.05) is 0 Å². The van der Waals surface area contributed by atoms with Crippen molar-refractivity contribution in [1.29, 1.82) is 0 Å². The molecular weight excluding hydrogens is 331 g/mol. The van der Waals surface area contributed by atoms with E-state index >= 15 is 0 Å². The number of methoxy groups -OCH3 is 1. The Morgan fingerprint density at radius 2 is 2.14 bits per heavy atom. The number of ether oxygens (including phenoxy) is 1. The molecule has 124 valence electrons. The van der Waals surface area contributed by atoms with Crippen molar-refractivity contribution in [3.63, 3.8) is 0 Å². The van der Waals surface area contributed by atoms with Crippen molar-refractivity contribution in [2.75, 3.05) is 26.7 Å². The van der Waals surface area contributed by atoms with Crippen LogP contribution in [0.15, 0.2) is 23.1 Å². The number of rotatable bonds is 3. The van der Waals surface area contributed by atoms with Crippen LogP contribution in [0.5, 0.6) is 5.75 Å². The summed E-state index contributed by atoms with van der Waals surface area (Å²) in [6.45, 7) is 1.93. The van der Waals surface area contributed by atoms with Gasteiger partial charge in [-0.2, -0.15) is 4.31 Å². The molecule has 1 aromatic rings. The lowest BCUT2D eigenvalue weighted by atomic mass is 9.95. The summed E-state index contributed by atoms with van der Waals surface area (Å²) in [4.78, 5) is -0.00907. The maximum absolute atomic E-state index is 13.7. The smallest absolute Gasteiger partial charge is 0.243 e. The molecular formula is C14H20ClFN2O3S. The number of hydrogen-bond acceptors (Lipinski definition) is 4. The van der Waals surface area contributed by atoms with E-state index in [1.165, 1.54) is 23.5 Å². The van der Waals surface area contributed by atoms with Gasteiger partial charge < -0.3 is 10.1 Å². The first-order valence-electron chi connectivity index (χ1n) is 7.09. The lowest BCUT2D eigenvalue weighted by Crippen LogP contribution is -2.46. The average molecular weight is 351 g/mol. The Morgan fingerprint density at radius 3 is 2.82 bits per heavy atom. The first-order valence-corrected chi connectivity index (χ1v) is 8.53. The molecule has 0 radical (unpaired) electrons. The maximum atomic E-state index is 13.7. The Hall–Kier alpha value is -0.890. The van der Waals surface area contributed by atoms with Gasteiger partial charge in [0.05, 0.1) is 12.0 Å². The van der Waals surface area contributed by atoms with Crippen molar-refractivity contribution >= 4 is 22.4 Å². The molecule has 2 saturated heterocycles. The zero-order valence-electron chi connectivity index (χ0n) is 12.3. The van der Waals surface area contributed by atoms with Crippen molar-refractivity contribution in [1.82, 2.24) is 9.62 Å². The number of nitrogens with zero attached hydrogens (tertiary/aromatic N) is 1. The van der Waals surface area contributed by atoms with Gasteiger partial charge in [-0.15, -0.1) is 12.4 Å². The number of piperidine rings is 1. The SMILES string of the molecule is COc1ccc(S(=O)(=O)N2CCC3NCCC3C2)cc1F.Cl. The molecule has 2 aliphatic rings. The Bertz CT molecular complexity index is 641. The van der Waals surface area contributed by atoms with Gasteiger partial charge >= 0.3 is 0 Å². The quantitative estimate of drug-likeness (QED) is 0.900. The Morgan fingerprint density at radius 1 is 1.36 bits per heavy atom. The van der Waals surface area contributed by atoms with E-state index in [4.69, 9.17) is 4.74 Å². The second-order valence-electron chi connectivity index (χ2n) is 5.56. The fourth-order valence-electron chi connectivity index (χ4n) is 3.19. The van der Waals surface area contributed by atoms with Crippen molar-refractivity contribution in [2.24, 2.45) is 5.92 Å². The molecule has 0 spiro atoms. The van der Waals surface area contributed by atoms with Gasteiger partial charge in [-0.1, -0.05) is 0 Å². The molecule has 22 heavy (non-hydrogen) atoms. The van der Waals surface area contributed by atoms with Crippen molar-refractivity contribution in [2.45, 2.75) is 23.8 Å². The van der Waals surface area contributed by atoms with Gasteiger partial charge in [0.25, 0.3) is 0 Å². The Labute approximate surface area is 136 Å². The number of nitrogens with one attached hydrogen (secondary N) is 1. The van der Waals surface area contributed by atoms with Crippen LogP contribution < -0.4 is 10.1 Å². The first-order chi connectivity index (χ1) is 10.0. The summed E-state index contributed by atoms with van der Waals surface area (Å²) < 4.78 is 45.3. The average Bonchev–Trinajstić information content (AvgIpc) is 2.94. The molecule has 2 unspecified atom stereocenters. The van der Waals surface area contributed by atoms with Crippen molar-refractivity contribution in [3.05, 3.63) is 24.0 Å². The van der Waals surface area contributed by atoms with Gasteiger partial charge in [-0.3, -0.25) is 0 Å². The Balaban J connectivity index is 0.00000176. The van der Waals surface area contributed by atoms with E-state index in [9.17, 15) is 12.8 Å². The third-order valence-corrected chi connectivity index (χ3v) is 6.24. The molecule has 2 fully saturated rings. The Kier molecular flexibility index (Phi) is 5.32. The second kappa shape index (κ2) is 6.70. The molecule has 0 aliphatic carbocycles. The van der Waals surface area contributed by atoms with Crippen LogP contribution in [0.3, 0.4) is 0 Å². The number of hydrogen-bond donors (Lipinski definition) is 1. The molecule has 2 heterocycles. The van der Waals surface area contributed by atoms with Crippen molar-refractivity contribution in [3.8, 4) is 5.75 Å². The van der Waals surface area contributed by atoms with E-state index in [1.54, 1.807) is 0 Å². The number of halogens is 2. The standard InChI is InChI=1S/C14H19FN2O3S.ClH/c1-20-14-3-2-11(8-12(14)15)21(18,19)17-7-5-13-10(9-17)4-6-16-13;/h2-3,8,10,13,16H,4-7,9H2,1H3;1H. The van der Waals surface area contributed by atoms with E-state index in [2.05, 4.69) is 5.32 Å². The highest BCUT2D eigenvalue weighted by Crippen LogP contribution is 2.29. The van der Waals surface area contributed by atoms with Gasteiger partial charge in [-0.25, -0.2) is 12.8 Å². The molecule has 8 heteroatoms. The predicted octanol–water partition coefficient (Wildman–Crippen LogP) is 1.63. The molecule has 1 aromatic carbocycles. The summed E-state index contributed by atoms with van der Waals surface area (Å²) in [6, 6.07) is 4.21. The zero-order valence-corrected chi connectivity index (χ0v) is 13.9. The number of fused-ring (bicyclic) bond motifs is 1. The minimum Gasteiger partial charge on any atom is -0.494 e. The molecule has 0 amide bonds. The van der Waals surface area contributed by atoms with Gasteiger partial charge in [0.15, 0.2) is 11.6 Å². The van der Waals surface area contributed by atoms with Crippen molar-refractivity contribution < 1.29 is 17.5 Å². The van der Waals surface area contributed by atoms with Gasteiger partial charge in [0.1, 0.15) is 0 Å². The number of sulfonamides is 1. The molecule has 3 rings (SSSR count). The lowest BCUT2D eigenvalue weighted by Gasteiger charge is -2.34. The van der Waals surface area contributed by atoms with E-state index in [0.29, 0.717) is 25.0 Å². The minimum atomic E-state index is -3.64. The minimum absolute atomic E-state index is 0. The van der Waals surface area contributed by atoms with Gasteiger partial charge in [0.2, 0.25) is 10.0 Å². The molecule has 2 atom stereocenters. The molecule has 1 N–H and O–H groups in total. The third-order valence-electron chi connectivity index (χ3n) is 4.38. The fourth-order valence-corrected chi connectivity index (χ4v) is 4.71. The highest BCUT2D eigenvalue weighted by atomic mass is 35.5. The van der Waals surface area contributed by atoms with E-state index in [0.717, 1.165) is 25.5 Å². The van der Waals surface area contributed by atoms with E-state index in [-0.39, 0.29) is 23.1 Å². The van der Waals surface area contributed by atoms with Crippen LogP contribution in [0.25, 0.3) is 0 Å². The van der Waals surface area contributed by atoms with Crippen LogP contribution in [0.4, 0.5) is 4.39 Å². The summed E-state index contributed by atoms with van der Waals surface area (Å²) in [5.41, 5.74) is 0. The largest absolute Gasteiger partial charge is 0.494 e. The van der Waals surface area contributed by atoms with Crippen LogP contribution in [-0.4, -0.2) is 45.5 Å². The highest BCUT2D eigenvalue weighted by Gasteiger charge is 2.37. The summed E-state index contributed by atoms with van der Waals surface area (Å²) in [7, 11) is -2.29. The topological polar surface area (TPSA) is 58.6 Å². The van der Waals surface area contributed by atoms with E-state index < -0.39 is 15.8 Å². The molecule has 2 aliphatic heterocycles. The molecule has 0 saturated carbocycles. The highest BCUT2D eigenvalue weighted by molar-refractivity contribution is 7.89.